The van der Waals surface area contributed by atoms with Crippen LogP contribution in [0.2, 0.25) is 0 Å². The van der Waals surface area contributed by atoms with Gasteiger partial charge in [-0.2, -0.15) is 13.2 Å². The molecule has 0 unspecified atom stereocenters. The molecule has 0 heterocycles. The molecule has 94 valence electrons. The fourth-order valence-corrected chi connectivity index (χ4v) is 1.12. The van der Waals surface area contributed by atoms with Crippen LogP contribution >= 0.6 is 11.6 Å². The van der Waals surface area contributed by atoms with E-state index in [9.17, 15) is 22.4 Å². The van der Waals surface area contributed by atoms with Gasteiger partial charge in [-0.15, -0.1) is 11.6 Å². The van der Waals surface area contributed by atoms with Crippen molar-refractivity contribution in [2.75, 3.05) is 5.32 Å². The van der Waals surface area contributed by atoms with Crippen LogP contribution in [-0.2, 0) is 11.0 Å². The Bertz CT molecular complexity index is 431. The molecule has 0 radical (unpaired) electrons. The van der Waals surface area contributed by atoms with Gasteiger partial charge in [-0.05, 0) is 25.1 Å². The van der Waals surface area contributed by atoms with Crippen LogP contribution in [0.4, 0.5) is 23.2 Å². The van der Waals surface area contributed by atoms with Gasteiger partial charge in [-0.25, -0.2) is 4.39 Å². The predicted octanol–water partition coefficient (Wildman–Crippen LogP) is 3.41. The highest BCUT2D eigenvalue weighted by Gasteiger charge is 2.34. The maximum atomic E-state index is 12.9. The summed E-state index contributed by atoms with van der Waals surface area (Å²) >= 11 is 5.43. The van der Waals surface area contributed by atoms with Crippen LogP contribution in [0.1, 0.15) is 12.5 Å². The number of carbonyl (C=O) groups is 1. The summed E-state index contributed by atoms with van der Waals surface area (Å²) in [6, 6.07) is 2.19. The Hall–Kier alpha value is -1.30. The standard InChI is InChI=1S/C10H8ClF4NO/c1-5(11)9(17)16-6-2-3-8(12)7(4-6)10(13,14)15/h2-5H,1H3,(H,16,17)/t5-/m0/s1. The molecule has 0 saturated carbocycles. The number of benzene rings is 1. The van der Waals surface area contributed by atoms with E-state index in [-0.39, 0.29) is 5.69 Å². The number of rotatable bonds is 2. The molecule has 1 N–H and O–H groups in total. The zero-order valence-electron chi connectivity index (χ0n) is 8.61. The summed E-state index contributed by atoms with van der Waals surface area (Å²) in [5.41, 5.74) is -1.59. The molecule has 0 aromatic heterocycles. The number of anilines is 1. The topological polar surface area (TPSA) is 29.1 Å². The number of nitrogens with one attached hydrogen (secondary N) is 1. The number of carbonyl (C=O) groups excluding carboxylic acids is 1. The van der Waals surface area contributed by atoms with E-state index >= 15 is 0 Å². The summed E-state index contributed by atoms with van der Waals surface area (Å²) in [5.74, 6) is -2.05. The first kappa shape index (κ1) is 13.8. The van der Waals surface area contributed by atoms with Crippen LogP contribution in [-0.4, -0.2) is 11.3 Å². The maximum absolute atomic E-state index is 12.9. The van der Waals surface area contributed by atoms with Gasteiger partial charge < -0.3 is 5.32 Å². The highest BCUT2D eigenvalue weighted by Crippen LogP contribution is 2.33. The van der Waals surface area contributed by atoms with E-state index in [1.165, 1.54) is 6.92 Å². The van der Waals surface area contributed by atoms with Crippen molar-refractivity contribution in [2.24, 2.45) is 0 Å². The molecule has 0 fully saturated rings. The van der Waals surface area contributed by atoms with Crippen LogP contribution in [0.25, 0.3) is 0 Å². The average molecular weight is 270 g/mol. The molecule has 2 nitrogen and oxygen atoms in total. The van der Waals surface area contributed by atoms with Crippen molar-refractivity contribution in [2.45, 2.75) is 18.5 Å². The van der Waals surface area contributed by atoms with Gasteiger partial charge in [0.2, 0.25) is 5.91 Å². The summed E-state index contributed by atoms with van der Waals surface area (Å²) < 4.78 is 49.9. The van der Waals surface area contributed by atoms with Crippen molar-refractivity contribution in [3.05, 3.63) is 29.6 Å². The molecule has 7 heteroatoms. The van der Waals surface area contributed by atoms with E-state index < -0.39 is 28.8 Å². The van der Waals surface area contributed by atoms with Gasteiger partial charge in [-0.1, -0.05) is 0 Å². The first-order valence-electron chi connectivity index (χ1n) is 4.53. The van der Waals surface area contributed by atoms with Crippen molar-refractivity contribution in [1.29, 1.82) is 0 Å². The van der Waals surface area contributed by atoms with Crippen LogP contribution < -0.4 is 5.32 Å². The summed E-state index contributed by atoms with van der Waals surface area (Å²) in [7, 11) is 0. The minimum Gasteiger partial charge on any atom is -0.325 e. The van der Waals surface area contributed by atoms with Gasteiger partial charge in [0, 0.05) is 5.69 Å². The maximum Gasteiger partial charge on any atom is 0.419 e. The first-order valence-corrected chi connectivity index (χ1v) is 4.97. The molecule has 1 aromatic carbocycles. The molecule has 1 atom stereocenters. The molecule has 0 aliphatic rings. The largest absolute Gasteiger partial charge is 0.419 e. The molecule has 0 bridgehead atoms. The lowest BCUT2D eigenvalue weighted by Crippen LogP contribution is -2.20. The molecule has 0 spiro atoms. The molecule has 0 aliphatic heterocycles. The third-order valence-corrected chi connectivity index (χ3v) is 2.10. The lowest BCUT2D eigenvalue weighted by Gasteiger charge is -2.11. The lowest BCUT2D eigenvalue weighted by atomic mass is 10.2. The van der Waals surface area contributed by atoms with Crippen LogP contribution in [0.15, 0.2) is 18.2 Å². The van der Waals surface area contributed by atoms with Gasteiger partial charge in [0.1, 0.15) is 11.2 Å². The number of amides is 1. The molecular formula is C10H8ClF4NO. The van der Waals surface area contributed by atoms with Gasteiger partial charge in [0.25, 0.3) is 0 Å². The summed E-state index contributed by atoms with van der Waals surface area (Å²) in [4.78, 5) is 11.1. The zero-order chi connectivity index (χ0) is 13.2. The molecule has 1 aromatic rings. The van der Waals surface area contributed by atoms with Gasteiger partial charge in [0.15, 0.2) is 0 Å². The second-order valence-corrected chi connectivity index (χ2v) is 3.95. The Labute approximate surface area is 99.6 Å². The van der Waals surface area contributed by atoms with Gasteiger partial charge in [0.05, 0.1) is 5.56 Å². The van der Waals surface area contributed by atoms with Crippen molar-refractivity contribution in [1.82, 2.24) is 0 Å². The number of alkyl halides is 4. The SMILES string of the molecule is C[C@H](Cl)C(=O)Nc1ccc(F)c(C(F)(F)F)c1. The molecular weight excluding hydrogens is 262 g/mol. The van der Waals surface area contributed by atoms with Gasteiger partial charge >= 0.3 is 6.18 Å². The molecule has 1 rings (SSSR count). The second-order valence-electron chi connectivity index (χ2n) is 3.30. The van der Waals surface area contributed by atoms with E-state index in [1.807, 2.05) is 0 Å². The van der Waals surface area contributed by atoms with E-state index in [0.29, 0.717) is 12.1 Å². The molecule has 1 amide bonds. The number of hydrogen-bond acceptors (Lipinski definition) is 1. The smallest absolute Gasteiger partial charge is 0.325 e. The van der Waals surface area contributed by atoms with E-state index in [1.54, 1.807) is 0 Å². The van der Waals surface area contributed by atoms with Crippen LogP contribution in [0, 0.1) is 5.82 Å². The normalized spacial score (nSPS) is 13.3. The predicted molar refractivity (Wildman–Crippen MR) is 55.3 cm³/mol. The van der Waals surface area contributed by atoms with E-state index in [4.69, 9.17) is 11.6 Å². The Kier molecular flexibility index (Phi) is 3.98. The van der Waals surface area contributed by atoms with Crippen LogP contribution in [0.3, 0.4) is 0 Å². The number of hydrogen-bond donors (Lipinski definition) is 1. The van der Waals surface area contributed by atoms with Crippen molar-refractivity contribution < 1.29 is 22.4 Å². The van der Waals surface area contributed by atoms with Crippen molar-refractivity contribution in [3.8, 4) is 0 Å². The summed E-state index contributed by atoms with van der Waals surface area (Å²) in [6.07, 6.45) is -4.81. The number of halogens is 5. The first-order chi connectivity index (χ1) is 7.71. The Morgan fingerprint density at radius 3 is 2.47 bits per heavy atom. The molecule has 0 saturated heterocycles. The Morgan fingerprint density at radius 2 is 2.00 bits per heavy atom. The highest BCUT2D eigenvalue weighted by molar-refractivity contribution is 6.32. The summed E-state index contributed by atoms with van der Waals surface area (Å²) in [6.45, 7) is 1.37. The molecule has 17 heavy (non-hydrogen) atoms. The van der Waals surface area contributed by atoms with Crippen molar-refractivity contribution in [3.63, 3.8) is 0 Å². The summed E-state index contributed by atoms with van der Waals surface area (Å²) in [5, 5.41) is 1.25. The zero-order valence-corrected chi connectivity index (χ0v) is 9.36. The molecule has 0 aliphatic carbocycles. The third-order valence-electron chi connectivity index (χ3n) is 1.90. The van der Waals surface area contributed by atoms with Crippen molar-refractivity contribution >= 4 is 23.2 Å². The van der Waals surface area contributed by atoms with Gasteiger partial charge in [-0.3, -0.25) is 4.79 Å². The fraction of sp³-hybridized carbons (Fsp3) is 0.300. The minimum absolute atomic E-state index is 0.156. The fourth-order valence-electron chi connectivity index (χ4n) is 1.06. The monoisotopic (exact) mass is 269 g/mol. The van der Waals surface area contributed by atoms with Crippen LogP contribution in [0.5, 0.6) is 0 Å². The quantitative estimate of drug-likeness (QED) is 0.647. The Balaban J connectivity index is 3.01. The second kappa shape index (κ2) is 4.91. The third kappa shape index (κ3) is 3.59. The highest BCUT2D eigenvalue weighted by atomic mass is 35.5. The Morgan fingerprint density at radius 1 is 1.41 bits per heavy atom. The van der Waals surface area contributed by atoms with E-state index in [2.05, 4.69) is 5.32 Å². The minimum atomic E-state index is -4.81. The van der Waals surface area contributed by atoms with E-state index in [0.717, 1.165) is 6.07 Å². The average Bonchev–Trinajstić information content (AvgIpc) is 2.19. The lowest BCUT2D eigenvalue weighted by molar-refractivity contribution is -0.140.